The molecule has 2 aromatic rings. The maximum Gasteiger partial charge on any atom is 0.355 e. The molecule has 3 rings (SSSR count). The molecule has 2 N–H and O–H groups in total. The van der Waals surface area contributed by atoms with Crippen molar-refractivity contribution >= 4 is 23.2 Å². The molecule has 1 aromatic carbocycles. The lowest BCUT2D eigenvalue weighted by Crippen LogP contribution is -2.25. The summed E-state index contributed by atoms with van der Waals surface area (Å²) in [7, 11) is 0. The first-order valence-electron chi connectivity index (χ1n) is 6.86. The molecule has 1 aliphatic carbocycles. The Hall–Kier alpha value is -2.35. The van der Waals surface area contributed by atoms with Crippen LogP contribution in [0.5, 0.6) is 0 Å². The van der Waals surface area contributed by atoms with Crippen LogP contribution < -0.4 is 5.32 Å². The summed E-state index contributed by atoms with van der Waals surface area (Å²) < 4.78 is 27.3. The predicted molar refractivity (Wildman–Crippen MR) is 78.1 cm³/mol. The van der Waals surface area contributed by atoms with E-state index in [1.165, 1.54) is 23.6 Å². The summed E-state index contributed by atoms with van der Waals surface area (Å²) in [6.07, 6.45) is 0.391. The lowest BCUT2D eigenvalue weighted by Gasteiger charge is -2.05. The van der Waals surface area contributed by atoms with Crippen molar-refractivity contribution in [2.45, 2.75) is 18.9 Å². The molecule has 1 saturated carbocycles. The van der Waals surface area contributed by atoms with E-state index in [9.17, 15) is 18.4 Å². The number of rotatable bonds is 5. The summed E-state index contributed by atoms with van der Waals surface area (Å²) in [5.74, 6) is -3.66. The van der Waals surface area contributed by atoms with Gasteiger partial charge in [-0.2, -0.15) is 0 Å². The number of hydrogen-bond acceptors (Lipinski definition) is 4. The Morgan fingerprint density at radius 2 is 2.04 bits per heavy atom. The first-order valence-corrected chi connectivity index (χ1v) is 7.74. The zero-order valence-corrected chi connectivity index (χ0v) is 12.6. The first-order chi connectivity index (χ1) is 11.0. The van der Waals surface area contributed by atoms with Gasteiger partial charge >= 0.3 is 5.97 Å². The van der Waals surface area contributed by atoms with Gasteiger partial charge in [0.2, 0.25) is 5.91 Å². The molecule has 8 heteroatoms. The average molecular weight is 338 g/mol. The van der Waals surface area contributed by atoms with Crippen LogP contribution in [0.1, 0.15) is 33.4 Å². The smallest absolute Gasteiger partial charge is 0.355 e. The van der Waals surface area contributed by atoms with Crippen LogP contribution in [0.3, 0.4) is 0 Å². The second-order valence-electron chi connectivity index (χ2n) is 5.23. The van der Waals surface area contributed by atoms with Gasteiger partial charge in [0.05, 0.1) is 6.54 Å². The summed E-state index contributed by atoms with van der Waals surface area (Å²) in [5, 5.41) is 13.2. The van der Waals surface area contributed by atoms with Crippen LogP contribution >= 0.6 is 11.3 Å². The van der Waals surface area contributed by atoms with E-state index in [1.807, 2.05) is 0 Å². The number of hydrogen-bond donors (Lipinski definition) is 2. The minimum absolute atomic E-state index is 0.0462. The molecule has 1 amide bonds. The van der Waals surface area contributed by atoms with Gasteiger partial charge in [-0.1, -0.05) is 6.07 Å². The lowest BCUT2D eigenvalue weighted by atomic mass is 10.1. The molecule has 0 radical (unpaired) electrons. The van der Waals surface area contributed by atoms with E-state index in [0.29, 0.717) is 11.4 Å². The second-order valence-corrected chi connectivity index (χ2v) is 6.18. The van der Waals surface area contributed by atoms with Gasteiger partial charge in [0.25, 0.3) is 0 Å². The summed E-state index contributed by atoms with van der Waals surface area (Å²) in [6.45, 7) is 0.0970. The van der Waals surface area contributed by atoms with Crippen LogP contribution in [0.2, 0.25) is 0 Å². The Morgan fingerprint density at radius 1 is 1.35 bits per heavy atom. The zero-order valence-electron chi connectivity index (χ0n) is 11.8. The molecule has 0 saturated heterocycles. The van der Waals surface area contributed by atoms with Gasteiger partial charge in [0, 0.05) is 22.8 Å². The molecule has 23 heavy (non-hydrogen) atoms. The molecule has 0 unspecified atom stereocenters. The van der Waals surface area contributed by atoms with Gasteiger partial charge < -0.3 is 10.4 Å². The molecule has 5 nitrogen and oxygen atoms in total. The molecular weight excluding hydrogens is 326 g/mol. The van der Waals surface area contributed by atoms with Gasteiger partial charge in [-0.25, -0.2) is 18.6 Å². The Morgan fingerprint density at radius 3 is 2.65 bits per heavy atom. The fourth-order valence-corrected chi connectivity index (χ4v) is 3.16. The SMILES string of the molecule is O=C(O)c1csc(CNC(=O)[C@@H]2C[C@@H]2c2c(F)cccc2F)n1. The average Bonchev–Trinajstić information content (AvgIpc) is 3.12. The Bertz CT molecular complexity index is 758. The number of aromatic nitrogens is 1. The van der Waals surface area contributed by atoms with Crippen molar-refractivity contribution in [3.63, 3.8) is 0 Å². The molecular formula is C15H12F2N2O3S. The highest BCUT2D eigenvalue weighted by molar-refractivity contribution is 7.09. The minimum atomic E-state index is -1.13. The van der Waals surface area contributed by atoms with E-state index in [-0.39, 0.29) is 23.7 Å². The van der Waals surface area contributed by atoms with Crippen molar-refractivity contribution in [1.82, 2.24) is 10.3 Å². The minimum Gasteiger partial charge on any atom is -0.476 e. The molecule has 120 valence electrons. The normalized spacial score (nSPS) is 19.4. The van der Waals surface area contributed by atoms with E-state index in [2.05, 4.69) is 10.3 Å². The van der Waals surface area contributed by atoms with Gasteiger partial charge in [0.15, 0.2) is 5.69 Å². The van der Waals surface area contributed by atoms with E-state index < -0.39 is 29.4 Å². The standard InChI is InChI=1S/C15H12F2N2O3S/c16-9-2-1-3-10(17)13(9)7-4-8(7)14(20)18-5-12-19-11(6-23-12)15(21)22/h1-3,6-8H,4-5H2,(H,18,20)(H,21,22)/t7-,8+/m0/s1. The van der Waals surface area contributed by atoms with Crippen molar-refractivity contribution in [1.29, 1.82) is 0 Å². The maximum absolute atomic E-state index is 13.7. The fraction of sp³-hybridized carbons (Fsp3) is 0.267. The number of carbonyl (C=O) groups is 2. The monoisotopic (exact) mass is 338 g/mol. The van der Waals surface area contributed by atoms with E-state index in [1.54, 1.807) is 0 Å². The number of carboxylic acid groups (broad SMARTS) is 1. The molecule has 2 atom stereocenters. The van der Waals surface area contributed by atoms with E-state index >= 15 is 0 Å². The first kappa shape index (κ1) is 15.5. The van der Waals surface area contributed by atoms with Crippen molar-refractivity contribution in [2.75, 3.05) is 0 Å². The number of carbonyl (C=O) groups excluding carboxylic acids is 1. The molecule has 0 aliphatic heterocycles. The number of nitrogens with zero attached hydrogens (tertiary/aromatic N) is 1. The zero-order chi connectivity index (χ0) is 16.6. The van der Waals surface area contributed by atoms with Crippen LogP contribution in [0.15, 0.2) is 23.6 Å². The number of carboxylic acids is 1. The highest BCUT2D eigenvalue weighted by atomic mass is 32.1. The molecule has 0 spiro atoms. The van der Waals surface area contributed by atoms with Crippen LogP contribution in [0.4, 0.5) is 8.78 Å². The van der Waals surface area contributed by atoms with Crippen LogP contribution in [-0.2, 0) is 11.3 Å². The lowest BCUT2D eigenvalue weighted by molar-refractivity contribution is -0.122. The topological polar surface area (TPSA) is 79.3 Å². The summed E-state index contributed by atoms with van der Waals surface area (Å²) in [4.78, 5) is 26.6. The van der Waals surface area contributed by atoms with Gasteiger partial charge in [-0.05, 0) is 18.6 Å². The van der Waals surface area contributed by atoms with Crippen LogP contribution in [-0.4, -0.2) is 22.0 Å². The number of halogens is 2. The number of aromatic carboxylic acids is 1. The molecule has 1 fully saturated rings. The quantitative estimate of drug-likeness (QED) is 0.878. The van der Waals surface area contributed by atoms with E-state index in [0.717, 1.165) is 11.3 Å². The number of benzene rings is 1. The third-order valence-corrected chi connectivity index (χ3v) is 4.53. The van der Waals surface area contributed by atoms with Crippen LogP contribution in [0.25, 0.3) is 0 Å². The summed E-state index contributed by atoms with van der Waals surface area (Å²) in [6, 6.07) is 3.64. The summed E-state index contributed by atoms with van der Waals surface area (Å²) in [5.41, 5.74) is -0.118. The molecule has 1 aliphatic rings. The molecule has 1 aromatic heterocycles. The second kappa shape index (κ2) is 6.04. The summed E-state index contributed by atoms with van der Waals surface area (Å²) >= 11 is 1.13. The maximum atomic E-state index is 13.7. The van der Waals surface area contributed by atoms with Crippen molar-refractivity contribution < 1.29 is 23.5 Å². The Balaban J connectivity index is 1.59. The Labute approximate surface area is 134 Å². The predicted octanol–water partition coefficient (Wildman–Crippen LogP) is 2.54. The third kappa shape index (κ3) is 3.21. The number of amides is 1. The molecule has 0 bridgehead atoms. The highest BCUT2D eigenvalue weighted by Gasteiger charge is 2.46. The number of nitrogens with one attached hydrogen (secondary N) is 1. The van der Waals surface area contributed by atoms with E-state index in [4.69, 9.17) is 5.11 Å². The molecule has 1 heterocycles. The third-order valence-electron chi connectivity index (χ3n) is 3.68. The fourth-order valence-electron chi connectivity index (χ4n) is 2.45. The van der Waals surface area contributed by atoms with Gasteiger partial charge in [0.1, 0.15) is 16.6 Å². The highest BCUT2D eigenvalue weighted by Crippen LogP contribution is 2.49. The van der Waals surface area contributed by atoms with Gasteiger partial charge in [-0.3, -0.25) is 4.79 Å². The van der Waals surface area contributed by atoms with Crippen LogP contribution in [0, 0.1) is 17.6 Å². The van der Waals surface area contributed by atoms with Crippen molar-refractivity contribution in [3.8, 4) is 0 Å². The van der Waals surface area contributed by atoms with Crippen molar-refractivity contribution in [2.24, 2.45) is 5.92 Å². The Kier molecular flexibility index (Phi) is 4.08. The van der Waals surface area contributed by atoms with Crippen molar-refractivity contribution in [3.05, 3.63) is 51.5 Å². The largest absolute Gasteiger partial charge is 0.476 e. The number of thiazole rings is 1. The van der Waals surface area contributed by atoms with Gasteiger partial charge in [-0.15, -0.1) is 11.3 Å².